The number of hydrogen-bond donors (Lipinski definition) is 1. The van der Waals surface area contributed by atoms with E-state index in [-0.39, 0.29) is 11.1 Å². The number of hydrogen-bond acceptors (Lipinski definition) is 2. The molecule has 1 N–H and O–H groups in total. The van der Waals surface area contributed by atoms with Crippen LogP contribution in [0.2, 0.25) is 0 Å². The van der Waals surface area contributed by atoms with E-state index in [1.54, 1.807) is 36.4 Å². The second-order valence-electron chi connectivity index (χ2n) is 4.16. The van der Waals surface area contributed by atoms with Gasteiger partial charge in [-0.1, -0.05) is 40.2 Å². The van der Waals surface area contributed by atoms with Crippen molar-refractivity contribution in [2.45, 2.75) is 0 Å². The van der Waals surface area contributed by atoms with Gasteiger partial charge in [-0.25, -0.2) is 4.39 Å². The van der Waals surface area contributed by atoms with Crippen molar-refractivity contribution in [3.8, 4) is 6.07 Å². The van der Waals surface area contributed by atoms with Crippen molar-refractivity contribution >= 4 is 33.6 Å². The summed E-state index contributed by atoms with van der Waals surface area (Å²) in [6.45, 7) is 0. The lowest BCUT2D eigenvalue weighted by Gasteiger charge is -2.05. The lowest BCUT2D eigenvalue weighted by atomic mass is 10.1. The number of halogens is 2. The van der Waals surface area contributed by atoms with E-state index in [2.05, 4.69) is 21.2 Å². The fraction of sp³-hybridized carbons (Fsp3) is 0. The predicted octanol–water partition coefficient (Wildman–Crippen LogP) is 4.13. The Morgan fingerprint density at radius 1 is 1.24 bits per heavy atom. The predicted molar refractivity (Wildman–Crippen MR) is 82.8 cm³/mol. The molecule has 2 aromatic rings. The van der Waals surface area contributed by atoms with E-state index in [0.29, 0.717) is 5.69 Å². The lowest BCUT2D eigenvalue weighted by Crippen LogP contribution is -2.13. The first-order valence-corrected chi connectivity index (χ1v) is 6.82. The Morgan fingerprint density at radius 2 is 2.00 bits per heavy atom. The van der Waals surface area contributed by atoms with Gasteiger partial charge in [-0.05, 0) is 30.3 Å². The first-order chi connectivity index (χ1) is 10.1. The van der Waals surface area contributed by atoms with Crippen LogP contribution < -0.4 is 5.32 Å². The van der Waals surface area contributed by atoms with Crippen molar-refractivity contribution in [3.05, 3.63) is 70.0 Å². The number of anilines is 1. The van der Waals surface area contributed by atoms with E-state index in [4.69, 9.17) is 5.26 Å². The Bertz CT molecular complexity index is 750. The second kappa shape index (κ2) is 6.82. The van der Waals surface area contributed by atoms with Gasteiger partial charge in [-0.2, -0.15) is 5.26 Å². The molecule has 3 nitrogen and oxygen atoms in total. The van der Waals surface area contributed by atoms with Crippen LogP contribution in [-0.2, 0) is 4.79 Å². The number of nitrogens with zero attached hydrogens (tertiary/aromatic N) is 1. The summed E-state index contributed by atoms with van der Waals surface area (Å²) in [6.07, 6.45) is 1.22. The number of amides is 1. The molecule has 0 saturated heterocycles. The molecule has 0 unspecified atom stereocenters. The Balaban J connectivity index is 2.24. The molecular formula is C16H10BrFN2O. The minimum atomic E-state index is -0.584. The average Bonchev–Trinajstić information content (AvgIpc) is 2.46. The van der Waals surface area contributed by atoms with Crippen LogP contribution in [0.5, 0.6) is 0 Å². The summed E-state index contributed by atoms with van der Waals surface area (Å²) < 4.78 is 14.3. The van der Waals surface area contributed by atoms with Crippen LogP contribution in [-0.4, -0.2) is 5.91 Å². The highest BCUT2D eigenvalue weighted by Crippen LogP contribution is 2.17. The fourth-order valence-electron chi connectivity index (χ4n) is 1.66. The third-order valence-corrected chi connectivity index (χ3v) is 3.15. The van der Waals surface area contributed by atoms with Crippen LogP contribution in [0, 0.1) is 17.1 Å². The third kappa shape index (κ3) is 4.01. The van der Waals surface area contributed by atoms with Gasteiger partial charge in [-0.3, -0.25) is 4.79 Å². The monoisotopic (exact) mass is 344 g/mol. The van der Waals surface area contributed by atoms with Gasteiger partial charge in [-0.15, -0.1) is 0 Å². The minimum Gasteiger partial charge on any atom is -0.321 e. The molecule has 0 saturated carbocycles. The standard InChI is InChI=1S/C16H10BrFN2O/c17-13-5-3-6-14(9-13)20-16(21)12(10-19)8-11-4-1-2-7-15(11)18/h1-9H,(H,20,21). The summed E-state index contributed by atoms with van der Waals surface area (Å²) in [5.74, 6) is -1.07. The van der Waals surface area contributed by atoms with Gasteiger partial charge in [0.1, 0.15) is 17.5 Å². The molecule has 0 bridgehead atoms. The summed E-state index contributed by atoms with van der Waals surface area (Å²) in [4.78, 5) is 12.0. The van der Waals surface area contributed by atoms with Crippen molar-refractivity contribution in [2.24, 2.45) is 0 Å². The zero-order valence-corrected chi connectivity index (χ0v) is 12.4. The van der Waals surface area contributed by atoms with Gasteiger partial charge < -0.3 is 5.32 Å². The number of carbonyl (C=O) groups excluding carboxylic acids is 1. The molecule has 1 amide bonds. The molecule has 0 radical (unpaired) electrons. The molecule has 0 aliphatic carbocycles. The lowest BCUT2D eigenvalue weighted by molar-refractivity contribution is -0.112. The van der Waals surface area contributed by atoms with E-state index in [1.165, 1.54) is 18.2 Å². The summed E-state index contributed by atoms with van der Waals surface area (Å²) in [5, 5.41) is 11.7. The van der Waals surface area contributed by atoms with E-state index in [0.717, 1.165) is 4.47 Å². The molecule has 0 aromatic heterocycles. The number of rotatable bonds is 3. The zero-order chi connectivity index (χ0) is 15.2. The molecule has 5 heteroatoms. The quantitative estimate of drug-likeness (QED) is 0.672. The normalized spacial score (nSPS) is 10.8. The summed E-state index contributed by atoms with van der Waals surface area (Å²) in [6, 6.07) is 14.7. The van der Waals surface area contributed by atoms with Gasteiger partial charge in [0.25, 0.3) is 5.91 Å². The molecule has 2 aromatic carbocycles. The highest BCUT2D eigenvalue weighted by Gasteiger charge is 2.10. The third-order valence-electron chi connectivity index (χ3n) is 2.65. The van der Waals surface area contributed by atoms with Crippen molar-refractivity contribution < 1.29 is 9.18 Å². The highest BCUT2D eigenvalue weighted by molar-refractivity contribution is 9.10. The highest BCUT2D eigenvalue weighted by atomic mass is 79.9. The van der Waals surface area contributed by atoms with E-state index in [1.807, 2.05) is 6.07 Å². The smallest absolute Gasteiger partial charge is 0.266 e. The summed E-state index contributed by atoms with van der Waals surface area (Å²) >= 11 is 3.29. The fourth-order valence-corrected chi connectivity index (χ4v) is 2.06. The molecular weight excluding hydrogens is 335 g/mol. The van der Waals surface area contributed by atoms with Crippen LogP contribution in [0.15, 0.2) is 58.6 Å². The first-order valence-electron chi connectivity index (χ1n) is 6.03. The van der Waals surface area contributed by atoms with Gasteiger partial charge in [0.15, 0.2) is 0 Å². The molecule has 21 heavy (non-hydrogen) atoms. The Labute approximate surface area is 129 Å². The zero-order valence-electron chi connectivity index (χ0n) is 10.8. The maximum absolute atomic E-state index is 13.5. The second-order valence-corrected chi connectivity index (χ2v) is 5.07. The topological polar surface area (TPSA) is 52.9 Å². The Hall–Kier alpha value is -2.45. The van der Waals surface area contributed by atoms with Gasteiger partial charge in [0, 0.05) is 15.7 Å². The van der Waals surface area contributed by atoms with E-state index in [9.17, 15) is 9.18 Å². The van der Waals surface area contributed by atoms with Crippen molar-refractivity contribution in [1.29, 1.82) is 5.26 Å². The number of carbonyl (C=O) groups is 1. The Kier molecular flexibility index (Phi) is 4.85. The molecule has 0 fully saturated rings. The van der Waals surface area contributed by atoms with E-state index >= 15 is 0 Å². The maximum atomic E-state index is 13.5. The number of nitriles is 1. The van der Waals surface area contributed by atoms with Crippen molar-refractivity contribution in [3.63, 3.8) is 0 Å². The van der Waals surface area contributed by atoms with Crippen molar-refractivity contribution in [2.75, 3.05) is 5.32 Å². The number of nitrogens with one attached hydrogen (secondary N) is 1. The molecule has 0 spiro atoms. The minimum absolute atomic E-state index is 0.167. The Morgan fingerprint density at radius 3 is 2.67 bits per heavy atom. The molecule has 0 heterocycles. The number of benzene rings is 2. The van der Waals surface area contributed by atoms with Crippen LogP contribution in [0.25, 0.3) is 6.08 Å². The van der Waals surface area contributed by atoms with Gasteiger partial charge in [0.2, 0.25) is 0 Å². The molecule has 0 aliphatic heterocycles. The van der Waals surface area contributed by atoms with Crippen LogP contribution in [0.4, 0.5) is 10.1 Å². The summed E-state index contributed by atoms with van der Waals surface area (Å²) in [7, 11) is 0. The van der Waals surface area contributed by atoms with Crippen LogP contribution in [0.3, 0.4) is 0 Å². The van der Waals surface area contributed by atoms with Crippen LogP contribution >= 0.6 is 15.9 Å². The van der Waals surface area contributed by atoms with Gasteiger partial charge >= 0.3 is 0 Å². The average molecular weight is 345 g/mol. The maximum Gasteiger partial charge on any atom is 0.266 e. The van der Waals surface area contributed by atoms with Crippen molar-refractivity contribution in [1.82, 2.24) is 0 Å². The summed E-state index contributed by atoms with van der Waals surface area (Å²) in [5.41, 5.74) is 0.572. The SMILES string of the molecule is N#CC(=Cc1ccccc1F)C(=O)Nc1cccc(Br)c1. The molecule has 104 valence electrons. The molecule has 2 rings (SSSR count). The van der Waals surface area contributed by atoms with E-state index < -0.39 is 11.7 Å². The van der Waals surface area contributed by atoms with Crippen LogP contribution in [0.1, 0.15) is 5.56 Å². The molecule has 0 atom stereocenters. The van der Waals surface area contributed by atoms with Gasteiger partial charge in [0.05, 0.1) is 0 Å². The largest absolute Gasteiger partial charge is 0.321 e. The molecule has 0 aliphatic rings. The first kappa shape index (κ1) is 14.9.